The van der Waals surface area contributed by atoms with E-state index in [1.165, 1.54) is 12.1 Å². The summed E-state index contributed by atoms with van der Waals surface area (Å²) in [5.74, 6) is -1.55. The molecule has 0 atom stereocenters. The van der Waals surface area contributed by atoms with Crippen molar-refractivity contribution in [1.82, 2.24) is 4.98 Å². The highest BCUT2D eigenvalue weighted by atomic mass is 16.6. The molecule has 0 aliphatic rings. The van der Waals surface area contributed by atoms with Crippen LogP contribution in [0.25, 0.3) is 0 Å². The van der Waals surface area contributed by atoms with E-state index in [0.29, 0.717) is 11.1 Å². The van der Waals surface area contributed by atoms with Crippen molar-refractivity contribution in [3.05, 3.63) is 89.0 Å². The molecule has 0 spiro atoms. The number of benzene rings is 2. The largest absolute Gasteiger partial charge is 0.404 e. The third kappa shape index (κ3) is 4.17. The van der Waals surface area contributed by atoms with Gasteiger partial charge in [0.25, 0.3) is 0 Å². The van der Waals surface area contributed by atoms with Crippen LogP contribution in [0.2, 0.25) is 0 Å². The van der Waals surface area contributed by atoms with Crippen LogP contribution >= 0.6 is 0 Å². The average molecular weight is 358 g/mol. The van der Waals surface area contributed by atoms with Gasteiger partial charge in [0, 0.05) is 6.07 Å². The molecule has 2 aromatic carbocycles. The molecular formula is C21H14N2O4. The van der Waals surface area contributed by atoms with Gasteiger partial charge in [-0.3, -0.25) is 0 Å². The quantitative estimate of drug-likeness (QED) is 0.661. The van der Waals surface area contributed by atoms with E-state index >= 15 is 0 Å². The molecule has 3 rings (SSSR count). The highest BCUT2D eigenvalue weighted by molar-refractivity contribution is 5.93. The van der Waals surface area contributed by atoms with Gasteiger partial charge in [-0.25, -0.2) is 9.59 Å². The highest BCUT2D eigenvalue weighted by Gasteiger charge is 2.17. The Balaban J connectivity index is 1.84. The fourth-order valence-electron chi connectivity index (χ4n) is 2.32. The third-order valence-electron chi connectivity index (χ3n) is 3.72. The van der Waals surface area contributed by atoms with E-state index in [1.54, 1.807) is 61.5 Å². The van der Waals surface area contributed by atoms with Crippen molar-refractivity contribution in [2.75, 3.05) is 0 Å². The van der Waals surface area contributed by atoms with Gasteiger partial charge in [-0.1, -0.05) is 36.4 Å². The summed E-state index contributed by atoms with van der Waals surface area (Å²) in [6, 6.07) is 19.9. The lowest BCUT2D eigenvalue weighted by molar-refractivity contribution is 0.0717. The number of hydrogen-bond donors (Lipinski definition) is 0. The Hall–Kier alpha value is -3.98. The number of hydrogen-bond acceptors (Lipinski definition) is 6. The molecule has 1 heterocycles. The van der Waals surface area contributed by atoms with Gasteiger partial charge in [-0.2, -0.15) is 10.2 Å². The molecule has 0 aliphatic heterocycles. The zero-order valence-electron chi connectivity index (χ0n) is 14.4. The van der Waals surface area contributed by atoms with Crippen molar-refractivity contribution in [3.8, 4) is 17.8 Å². The lowest BCUT2D eigenvalue weighted by Gasteiger charge is -2.09. The van der Waals surface area contributed by atoms with Gasteiger partial charge < -0.3 is 9.47 Å². The summed E-state index contributed by atoms with van der Waals surface area (Å²) in [4.78, 5) is 28.5. The second kappa shape index (κ2) is 7.93. The number of nitriles is 1. The molecule has 6 heteroatoms. The molecule has 132 valence electrons. The van der Waals surface area contributed by atoms with Crippen LogP contribution in [0.15, 0.2) is 66.7 Å². The minimum absolute atomic E-state index is 0.0523. The van der Waals surface area contributed by atoms with Crippen LogP contribution in [-0.4, -0.2) is 16.9 Å². The van der Waals surface area contributed by atoms with E-state index < -0.39 is 11.9 Å². The molecule has 1 aromatic heterocycles. The van der Waals surface area contributed by atoms with Gasteiger partial charge in [0.15, 0.2) is 0 Å². The Kier molecular flexibility index (Phi) is 5.24. The van der Waals surface area contributed by atoms with Crippen molar-refractivity contribution >= 4 is 11.9 Å². The predicted octanol–water partition coefficient (Wildman–Crippen LogP) is 3.70. The van der Waals surface area contributed by atoms with Crippen LogP contribution in [0, 0.1) is 18.3 Å². The highest BCUT2D eigenvalue weighted by Crippen LogP contribution is 2.22. The Bertz CT molecular complexity index is 1040. The topological polar surface area (TPSA) is 89.3 Å². The zero-order chi connectivity index (χ0) is 19.2. The Morgan fingerprint density at radius 1 is 0.889 bits per heavy atom. The van der Waals surface area contributed by atoms with Crippen LogP contribution in [0.1, 0.15) is 31.8 Å². The summed E-state index contributed by atoms with van der Waals surface area (Å²) in [6.07, 6.45) is 0. The summed E-state index contributed by atoms with van der Waals surface area (Å²) in [5, 5.41) is 9.22. The average Bonchev–Trinajstić information content (AvgIpc) is 2.69. The second-order valence-electron chi connectivity index (χ2n) is 5.57. The molecule has 6 nitrogen and oxygen atoms in total. The fourth-order valence-corrected chi connectivity index (χ4v) is 2.32. The van der Waals surface area contributed by atoms with Crippen LogP contribution in [0.4, 0.5) is 0 Å². The van der Waals surface area contributed by atoms with Crippen LogP contribution in [-0.2, 0) is 0 Å². The first-order valence-electron chi connectivity index (χ1n) is 8.04. The summed E-state index contributed by atoms with van der Waals surface area (Å²) in [7, 11) is 0. The van der Waals surface area contributed by atoms with Crippen LogP contribution in [0.5, 0.6) is 11.8 Å². The predicted molar refractivity (Wildman–Crippen MR) is 96.5 cm³/mol. The van der Waals surface area contributed by atoms with Gasteiger partial charge in [-0.05, 0) is 36.8 Å². The van der Waals surface area contributed by atoms with E-state index in [-0.39, 0.29) is 17.3 Å². The third-order valence-corrected chi connectivity index (χ3v) is 3.72. The number of nitrogens with zero attached hydrogens (tertiary/aromatic N) is 2. The number of carbonyl (C=O) groups excluding carboxylic acids is 2. The first-order valence-corrected chi connectivity index (χ1v) is 8.04. The smallest absolute Gasteiger partial charge is 0.345 e. The Morgan fingerprint density at radius 3 is 2.30 bits per heavy atom. The number of carbonyl (C=O) groups is 2. The molecule has 3 aromatic rings. The maximum absolute atomic E-state index is 12.4. The zero-order valence-corrected chi connectivity index (χ0v) is 14.4. The molecule has 0 saturated heterocycles. The first kappa shape index (κ1) is 17.8. The van der Waals surface area contributed by atoms with Gasteiger partial charge in [0.2, 0.25) is 11.8 Å². The molecular weight excluding hydrogens is 344 g/mol. The summed E-state index contributed by atoms with van der Waals surface area (Å²) >= 11 is 0. The normalized spacial score (nSPS) is 9.93. The van der Waals surface area contributed by atoms with Crippen LogP contribution in [0.3, 0.4) is 0 Å². The van der Waals surface area contributed by atoms with Crippen molar-refractivity contribution < 1.29 is 19.1 Å². The monoisotopic (exact) mass is 358 g/mol. The summed E-state index contributed by atoms with van der Waals surface area (Å²) in [6.45, 7) is 1.77. The summed E-state index contributed by atoms with van der Waals surface area (Å²) in [5.41, 5.74) is 1.49. The number of aryl methyl sites for hydroxylation is 1. The Morgan fingerprint density at radius 2 is 1.59 bits per heavy atom. The van der Waals surface area contributed by atoms with Crippen molar-refractivity contribution in [2.24, 2.45) is 0 Å². The number of esters is 2. The van der Waals surface area contributed by atoms with E-state index in [9.17, 15) is 14.9 Å². The molecule has 0 amide bonds. The molecule has 0 radical (unpaired) electrons. The van der Waals surface area contributed by atoms with E-state index in [4.69, 9.17) is 9.47 Å². The van der Waals surface area contributed by atoms with E-state index in [0.717, 1.165) is 5.56 Å². The fraction of sp³-hybridized carbons (Fsp3) is 0.0476. The van der Waals surface area contributed by atoms with Gasteiger partial charge >= 0.3 is 11.9 Å². The minimum atomic E-state index is -0.649. The number of aromatic nitrogens is 1. The van der Waals surface area contributed by atoms with Crippen LogP contribution < -0.4 is 9.47 Å². The molecule has 27 heavy (non-hydrogen) atoms. The molecule has 0 bridgehead atoms. The van der Waals surface area contributed by atoms with Gasteiger partial charge in [-0.15, -0.1) is 0 Å². The molecule has 0 fully saturated rings. The molecule has 0 unspecified atom stereocenters. The molecule has 0 N–H and O–H groups in total. The van der Waals surface area contributed by atoms with Crippen molar-refractivity contribution in [1.29, 1.82) is 5.26 Å². The van der Waals surface area contributed by atoms with E-state index in [1.807, 2.05) is 6.07 Å². The lowest BCUT2D eigenvalue weighted by Crippen LogP contribution is -2.13. The number of pyridine rings is 1. The van der Waals surface area contributed by atoms with Crippen molar-refractivity contribution in [3.63, 3.8) is 0 Å². The summed E-state index contributed by atoms with van der Waals surface area (Å²) < 4.78 is 10.5. The lowest BCUT2D eigenvalue weighted by atomic mass is 10.1. The van der Waals surface area contributed by atoms with E-state index in [2.05, 4.69) is 4.98 Å². The standard InChI is InChI=1S/C21H14N2O4/c1-14-7-5-6-10-17(14)21(25)27-19-16(13-22)11-12-18(23-19)26-20(24)15-8-3-2-4-9-15/h2-12H,1H3. The second-order valence-corrected chi connectivity index (χ2v) is 5.57. The molecule has 0 saturated carbocycles. The Labute approximate surface area is 155 Å². The minimum Gasteiger partial charge on any atom is -0.404 e. The number of ether oxygens (including phenoxy) is 2. The van der Waals surface area contributed by atoms with Gasteiger partial charge in [0.1, 0.15) is 11.6 Å². The first-order chi connectivity index (χ1) is 13.1. The maximum Gasteiger partial charge on any atom is 0.345 e. The SMILES string of the molecule is Cc1ccccc1C(=O)Oc1nc(OC(=O)c2ccccc2)ccc1C#N. The van der Waals surface area contributed by atoms with Crippen molar-refractivity contribution in [2.45, 2.75) is 6.92 Å². The molecule has 0 aliphatic carbocycles. The maximum atomic E-state index is 12.4. The number of rotatable bonds is 4. The van der Waals surface area contributed by atoms with Gasteiger partial charge in [0.05, 0.1) is 11.1 Å².